The van der Waals surface area contributed by atoms with E-state index in [1.807, 2.05) is 25.1 Å². The van der Waals surface area contributed by atoms with Crippen LogP contribution in [0.25, 0.3) is 0 Å². The number of likely N-dealkylation sites (tertiary alicyclic amines) is 1. The summed E-state index contributed by atoms with van der Waals surface area (Å²) in [6, 6.07) is 10.2. The van der Waals surface area contributed by atoms with E-state index in [1.54, 1.807) is 0 Å². The summed E-state index contributed by atoms with van der Waals surface area (Å²) in [6.07, 6.45) is 7.72. The molecular formula is C23H29NO4. The standard InChI is InChI=1S/C23H29NO4/c1-2-28-17-19(16-25)21-10-6-7-11-23(21)12-13-24(22(26)27)15-20(23)14-18-8-4-3-5-9-18/h3-5,7-9,11,16,20H,2,6,10,12-15,17H2,1H3,(H,26,27). The van der Waals surface area contributed by atoms with Gasteiger partial charge in [0.25, 0.3) is 0 Å². The lowest BCUT2D eigenvalue weighted by Crippen LogP contribution is -2.50. The molecule has 1 heterocycles. The van der Waals surface area contributed by atoms with Crippen LogP contribution in [0.5, 0.6) is 0 Å². The van der Waals surface area contributed by atoms with Crippen molar-refractivity contribution in [1.82, 2.24) is 4.90 Å². The van der Waals surface area contributed by atoms with Crippen molar-refractivity contribution in [1.29, 1.82) is 0 Å². The molecule has 0 radical (unpaired) electrons. The van der Waals surface area contributed by atoms with E-state index in [0.717, 1.165) is 36.7 Å². The van der Waals surface area contributed by atoms with Crippen LogP contribution in [-0.2, 0) is 16.0 Å². The van der Waals surface area contributed by atoms with E-state index in [1.165, 1.54) is 10.5 Å². The molecule has 1 aromatic carbocycles. The lowest BCUT2D eigenvalue weighted by molar-refractivity contribution is -0.105. The van der Waals surface area contributed by atoms with Crippen molar-refractivity contribution < 1.29 is 19.4 Å². The number of ether oxygens (including phenoxy) is 1. The summed E-state index contributed by atoms with van der Waals surface area (Å²) in [4.78, 5) is 25.1. The monoisotopic (exact) mass is 383 g/mol. The van der Waals surface area contributed by atoms with Gasteiger partial charge in [0.2, 0.25) is 0 Å². The second kappa shape index (κ2) is 9.20. The average Bonchev–Trinajstić information content (AvgIpc) is 2.72. The number of carbonyl (C=O) groups is 2. The summed E-state index contributed by atoms with van der Waals surface area (Å²) in [5, 5.41) is 9.57. The van der Waals surface area contributed by atoms with Crippen LogP contribution in [0.4, 0.5) is 4.79 Å². The van der Waals surface area contributed by atoms with Gasteiger partial charge in [0, 0.05) is 30.7 Å². The molecule has 2 unspecified atom stereocenters. The molecule has 5 heteroatoms. The zero-order chi connectivity index (χ0) is 20.0. The number of allylic oxidation sites excluding steroid dienone is 3. The van der Waals surface area contributed by atoms with Gasteiger partial charge in [-0.3, -0.25) is 4.79 Å². The molecule has 5 nitrogen and oxygen atoms in total. The van der Waals surface area contributed by atoms with E-state index >= 15 is 0 Å². The van der Waals surface area contributed by atoms with Crippen molar-refractivity contribution in [3.05, 3.63) is 59.2 Å². The Morgan fingerprint density at radius 1 is 1.36 bits per heavy atom. The van der Waals surface area contributed by atoms with Gasteiger partial charge in [0.1, 0.15) is 6.29 Å². The average molecular weight is 383 g/mol. The first-order valence-corrected chi connectivity index (χ1v) is 10.1. The molecule has 1 aromatic rings. The Bertz CT molecular complexity index is 755. The topological polar surface area (TPSA) is 66.8 Å². The maximum absolute atomic E-state index is 11.9. The van der Waals surface area contributed by atoms with Crippen LogP contribution in [-0.4, -0.2) is 48.7 Å². The summed E-state index contributed by atoms with van der Waals surface area (Å²) in [5.41, 5.74) is 2.78. The largest absolute Gasteiger partial charge is 0.465 e. The molecule has 150 valence electrons. The normalized spacial score (nSPS) is 26.3. The highest BCUT2D eigenvalue weighted by molar-refractivity contribution is 5.76. The van der Waals surface area contributed by atoms with Crippen LogP contribution >= 0.6 is 0 Å². The van der Waals surface area contributed by atoms with Gasteiger partial charge in [0.15, 0.2) is 0 Å². The van der Waals surface area contributed by atoms with Gasteiger partial charge in [-0.1, -0.05) is 48.1 Å². The molecule has 1 spiro atoms. The summed E-state index contributed by atoms with van der Waals surface area (Å²) >= 11 is 0. The summed E-state index contributed by atoms with van der Waals surface area (Å²) in [5.74, 6) is 0.0860. The van der Waals surface area contributed by atoms with Crippen LogP contribution in [0, 0.1) is 11.3 Å². The van der Waals surface area contributed by atoms with Crippen molar-refractivity contribution in [2.45, 2.75) is 32.6 Å². The molecule has 0 aromatic heterocycles. The molecular weight excluding hydrogens is 354 g/mol. The highest BCUT2D eigenvalue weighted by Crippen LogP contribution is 2.50. The summed E-state index contributed by atoms with van der Waals surface area (Å²) < 4.78 is 5.57. The Labute approximate surface area is 166 Å². The molecule has 28 heavy (non-hydrogen) atoms. The van der Waals surface area contributed by atoms with Crippen LogP contribution in [0.15, 0.2) is 53.6 Å². The molecule has 0 saturated carbocycles. The fraction of sp³-hybridized carbons (Fsp3) is 0.478. The molecule has 1 amide bonds. The van der Waals surface area contributed by atoms with Crippen molar-refractivity contribution in [3.63, 3.8) is 0 Å². The number of nitrogens with zero attached hydrogens (tertiary/aromatic N) is 1. The molecule has 1 fully saturated rings. The molecule has 1 aliphatic carbocycles. The first-order chi connectivity index (χ1) is 13.6. The number of rotatable bonds is 6. The summed E-state index contributed by atoms with van der Waals surface area (Å²) in [7, 11) is 0. The predicted molar refractivity (Wildman–Crippen MR) is 108 cm³/mol. The number of hydrogen-bond acceptors (Lipinski definition) is 3. The summed E-state index contributed by atoms with van der Waals surface area (Å²) in [6.45, 7) is 3.76. The molecule has 2 aliphatic rings. The number of benzene rings is 1. The smallest absolute Gasteiger partial charge is 0.407 e. The lowest BCUT2D eigenvalue weighted by Gasteiger charge is -2.49. The first kappa shape index (κ1) is 20.3. The third-order valence-electron chi connectivity index (χ3n) is 6.09. The van der Waals surface area contributed by atoms with Crippen molar-refractivity contribution >= 4 is 12.4 Å². The highest BCUT2D eigenvalue weighted by Gasteiger charge is 2.46. The first-order valence-electron chi connectivity index (χ1n) is 10.1. The Balaban J connectivity index is 2.02. The van der Waals surface area contributed by atoms with Crippen LogP contribution in [0.1, 0.15) is 31.7 Å². The van der Waals surface area contributed by atoms with Crippen molar-refractivity contribution in [2.75, 3.05) is 26.3 Å². The van der Waals surface area contributed by atoms with E-state index in [-0.39, 0.29) is 11.3 Å². The third kappa shape index (κ3) is 4.20. The Morgan fingerprint density at radius 3 is 2.82 bits per heavy atom. The van der Waals surface area contributed by atoms with E-state index in [4.69, 9.17) is 4.74 Å². The minimum atomic E-state index is -0.872. The molecule has 1 saturated heterocycles. The van der Waals surface area contributed by atoms with E-state index < -0.39 is 6.09 Å². The van der Waals surface area contributed by atoms with Gasteiger partial charge in [-0.2, -0.15) is 0 Å². The number of amides is 1. The van der Waals surface area contributed by atoms with Gasteiger partial charge in [-0.25, -0.2) is 4.79 Å². The van der Waals surface area contributed by atoms with Crippen molar-refractivity contribution in [3.8, 4) is 0 Å². The number of piperidine rings is 1. The SMILES string of the molecule is CCOCC(C=O)=C1CCC=CC12CCN(C(=O)O)CC2Cc1ccccc1. The van der Waals surface area contributed by atoms with E-state index in [9.17, 15) is 14.7 Å². The third-order valence-corrected chi connectivity index (χ3v) is 6.09. The minimum absolute atomic E-state index is 0.0860. The fourth-order valence-corrected chi connectivity index (χ4v) is 4.70. The number of aldehydes is 1. The minimum Gasteiger partial charge on any atom is -0.465 e. The van der Waals surface area contributed by atoms with Crippen LogP contribution in [0.2, 0.25) is 0 Å². The molecule has 3 rings (SSSR count). The second-order valence-electron chi connectivity index (χ2n) is 7.61. The van der Waals surface area contributed by atoms with Crippen molar-refractivity contribution in [2.24, 2.45) is 11.3 Å². The quantitative estimate of drug-likeness (QED) is 0.456. The molecule has 2 atom stereocenters. The van der Waals surface area contributed by atoms with Gasteiger partial charge >= 0.3 is 6.09 Å². The van der Waals surface area contributed by atoms with Gasteiger partial charge in [-0.15, -0.1) is 0 Å². The van der Waals surface area contributed by atoms with Gasteiger partial charge < -0.3 is 14.7 Å². The van der Waals surface area contributed by atoms with Crippen LogP contribution < -0.4 is 0 Å². The highest BCUT2D eigenvalue weighted by atomic mass is 16.5. The zero-order valence-corrected chi connectivity index (χ0v) is 16.5. The Hall–Kier alpha value is -2.40. The Morgan fingerprint density at radius 2 is 2.14 bits per heavy atom. The van der Waals surface area contributed by atoms with E-state index in [2.05, 4.69) is 24.3 Å². The number of carbonyl (C=O) groups excluding carboxylic acids is 1. The Kier molecular flexibility index (Phi) is 6.68. The zero-order valence-electron chi connectivity index (χ0n) is 16.5. The molecule has 1 N–H and O–H groups in total. The lowest BCUT2D eigenvalue weighted by atomic mass is 9.60. The fourth-order valence-electron chi connectivity index (χ4n) is 4.70. The predicted octanol–water partition coefficient (Wildman–Crippen LogP) is 4.10. The number of carboxylic acid groups (broad SMARTS) is 1. The van der Waals surface area contributed by atoms with Crippen LogP contribution in [0.3, 0.4) is 0 Å². The molecule has 0 bridgehead atoms. The second-order valence-corrected chi connectivity index (χ2v) is 7.61. The van der Waals surface area contributed by atoms with Gasteiger partial charge in [-0.05, 0) is 44.1 Å². The maximum Gasteiger partial charge on any atom is 0.407 e. The number of hydrogen-bond donors (Lipinski definition) is 1. The van der Waals surface area contributed by atoms with E-state index in [0.29, 0.717) is 32.7 Å². The van der Waals surface area contributed by atoms with Gasteiger partial charge in [0.05, 0.1) is 6.61 Å². The maximum atomic E-state index is 11.9. The molecule has 1 aliphatic heterocycles.